The van der Waals surface area contributed by atoms with E-state index < -0.39 is 11.9 Å². The number of rotatable bonds is 5. The Morgan fingerprint density at radius 2 is 1.59 bits per heavy atom. The van der Waals surface area contributed by atoms with Crippen molar-refractivity contribution in [1.82, 2.24) is 0 Å². The molecule has 2 aromatic rings. The van der Waals surface area contributed by atoms with Gasteiger partial charge in [-0.05, 0) is 24.7 Å². The van der Waals surface area contributed by atoms with Crippen molar-refractivity contribution >= 4 is 5.91 Å². The Morgan fingerprint density at radius 1 is 1.05 bits per heavy atom. The Balaban J connectivity index is 0.00000242. The van der Waals surface area contributed by atoms with Crippen LogP contribution in [0.2, 0.25) is 0 Å². The van der Waals surface area contributed by atoms with E-state index in [2.05, 4.69) is 5.32 Å². The number of benzene rings is 2. The number of allylic oxidation sites excluding steroid dienone is 1. The van der Waals surface area contributed by atoms with Gasteiger partial charge in [0, 0.05) is 5.95 Å². The molecule has 0 saturated heterocycles. The van der Waals surface area contributed by atoms with Gasteiger partial charge >= 0.3 is 18.9 Å². The summed E-state index contributed by atoms with van der Waals surface area (Å²) in [6, 6.07) is 18.0. The Kier molecular flexibility index (Phi) is 7.31. The van der Waals surface area contributed by atoms with Crippen LogP contribution in [0, 0.1) is 0 Å². The van der Waals surface area contributed by atoms with Gasteiger partial charge in [-0.3, -0.25) is 0 Å². The van der Waals surface area contributed by atoms with E-state index in [-0.39, 0.29) is 31.0 Å². The minimum absolute atomic E-state index is 0. The molecular weight excluding hydrogens is 273 g/mol. The first-order valence-corrected chi connectivity index (χ1v) is 6.50. The molecule has 0 radical (unpaired) electrons. The van der Waals surface area contributed by atoms with Gasteiger partial charge < -0.3 is 20.0 Å². The molecule has 2 aromatic carbocycles. The van der Waals surface area contributed by atoms with Crippen LogP contribution in [0.25, 0.3) is 5.32 Å². The summed E-state index contributed by atoms with van der Waals surface area (Å²) < 4.78 is 4.70. The summed E-state index contributed by atoms with van der Waals surface area (Å²) in [6.45, 7) is 0. The van der Waals surface area contributed by atoms with Gasteiger partial charge in [0.25, 0.3) is 0 Å². The molecule has 4 nitrogen and oxygen atoms in total. The second kappa shape index (κ2) is 8.99. The SMILES string of the molecule is CO/C([O-])=C(\Cc1ccccc1)[N-]C(=O)c1ccccc1.[Li+]. The molecule has 0 unspecified atom stereocenters. The molecule has 0 aliphatic heterocycles. The molecule has 0 bridgehead atoms. The maximum absolute atomic E-state index is 12.1. The standard InChI is InChI=1S/C17H17NO3.Li/c1-21-17(20)15(12-13-8-4-2-5-9-13)18-16(19)14-10-6-3-7-11-14;/h2-11H,12H2,1H3,(H2,18,19,20);/q;+1/p-2/b17-15+;. The van der Waals surface area contributed by atoms with Crippen molar-refractivity contribution in [3.05, 3.63) is 88.7 Å². The summed E-state index contributed by atoms with van der Waals surface area (Å²) in [4.78, 5) is 12.1. The molecule has 0 fully saturated rings. The van der Waals surface area contributed by atoms with Crippen molar-refractivity contribution in [3.8, 4) is 0 Å². The molecule has 0 atom stereocenters. The number of nitrogens with zero attached hydrogens (tertiary/aromatic N) is 1. The van der Waals surface area contributed by atoms with Gasteiger partial charge in [-0.25, -0.2) is 0 Å². The Hall–Kier alpha value is -2.15. The molecule has 0 saturated carbocycles. The van der Waals surface area contributed by atoms with Crippen LogP contribution in [0.3, 0.4) is 0 Å². The van der Waals surface area contributed by atoms with E-state index >= 15 is 0 Å². The number of methoxy groups -OCH3 is 1. The van der Waals surface area contributed by atoms with Crippen molar-refractivity contribution < 1.29 is 33.5 Å². The molecule has 2 rings (SSSR count). The first-order valence-electron chi connectivity index (χ1n) is 6.50. The maximum atomic E-state index is 12.1. The summed E-state index contributed by atoms with van der Waals surface area (Å²) in [6.07, 6.45) is 0.256. The zero-order valence-corrected chi connectivity index (χ0v) is 12.7. The minimum atomic E-state index is -0.594. The van der Waals surface area contributed by atoms with Crippen molar-refractivity contribution in [2.75, 3.05) is 7.11 Å². The van der Waals surface area contributed by atoms with Crippen molar-refractivity contribution in [2.45, 2.75) is 6.42 Å². The molecule has 0 heterocycles. The predicted octanol–water partition coefficient (Wildman–Crippen LogP) is -0.377. The monoisotopic (exact) mass is 288 g/mol. The third kappa shape index (κ3) is 4.99. The molecule has 0 N–H and O–H groups in total. The maximum Gasteiger partial charge on any atom is 1.00 e. The van der Waals surface area contributed by atoms with Crippen LogP contribution < -0.4 is 24.0 Å². The van der Waals surface area contributed by atoms with Crippen LogP contribution in [0.4, 0.5) is 0 Å². The van der Waals surface area contributed by atoms with Crippen molar-refractivity contribution in [2.24, 2.45) is 0 Å². The van der Waals surface area contributed by atoms with E-state index in [1.807, 2.05) is 36.4 Å². The second-order valence-corrected chi connectivity index (χ2v) is 4.38. The molecule has 5 heteroatoms. The average molecular weight is 288 g/mol. The smallest absolute Gasteiger partial charge is 0.624 e. The topological polar surface area (TPSA) is 63.5 Å². The third-order valence-electron chi connectivity index (χ3n) is 2.89. The summed E-state index contributed by atoms with van der Waals surface area (Å²) in [7, 11) is 1.27. The minimum Gasteiger partial charge on any atom is -0.624 e. The molecular formula is C17H15LiNO3-. The van der Waals surface area contributed by atoms with Crippen LogP contribution in [0.15, 0.2) is 72.3 Å². The summed E-state index contributed by atoms with van der Waals surface area (Å²) in [5.41, 5.74) is 1.42. The van der Waals surface area contributed by atoms with Crippen molar-refractivity contribution in [3.63, 3.8) is 0 Å². The van der Waals surface area contributed by atoms with Gasteiger partial charge in [0.05, 0.1) is 5.91 Å². The van der Waals surface area contributed by atoms with E-state index in [1.54, 1.807) is 24.3 Å². The van der Waals surface area contributed by atoms with Crippen molar-refractivity contribution in [1.29, 1.82) is 0 Å². The predicted molar refractivity (Wildman–Crippen MR) is 78.3 cm³/mol. The van der Waals surface area contributed by atoms with E-state index in [0.717, 1.165) is 5.56 Å². The Morgan fingerprint density at radius 3 is 2.14 bits per heavy atom. The normalized spacial score (nSPS) is 11.0. The molecule has 22 heavy (non-hydrogen) atoms. The van der Waals surface area contributed by atoms with E-state index in [0.29, 0.717) is 5.56 Å². The van der Waals surface area contributed by atoms with Crippen LogP contribution in [-0.4, -0.2) is 13.0 Å². The Bertz CT molecular complexity index is 627. The van der Waals surface area contributed by atoms with E-state index in [9.17, 15) is 9.90 Å². The quantitative estimate of drug-likeness (QED) is 0.557. The van der Waals surface area contributed by atoms with Gasteiger partial charge in [-0.15, -0.1) is 5.70 Å². The van der Waals surface area contributed by atoms with Gasteiger partial charge in [0.1, 0.15) is 0 Å². The average Bonchev–Trinajstić information content (AvgIpc) is 2.55. The first-order chi connectivity index (χ1) is 10.2. The number of ether oxygens (including phenoxy) is 1. The number of hydrogen-bond acceptors (Lipinski definition) is 3. The zero-order chi connectivity index (χ0) is 15.1. The van der Waals surface area contributed by atoms with Crippen LogP contribution in [-0.2, 0) is 11.2 Å². The number of carbonyl (C=O) groups excluding carboxylic acids is 1. The van der Waals surface area contributed by atoms with Crippen LogP contribution >= 0.6 is 0 Å². The Labute approximate surface area is 142 Å². The first kappa shape index (κ1) is 17.9. The number of amides is 1. The van der Waals surface area contributed by atoms with Gasteiger partial charge in [-0.2, -0.15) is 0 Å². The van der Waals surface area contributed by atoms with Gasteiger partial charge in [0.2, 0.25) is 0 Å². The van der Waals surface area contributed by atoms with Gasteiger partial charge in [0.15, 0.2) is 0 Å². The molecule has 0 aliphatic carbocycles. The largest absolute Gasteiger partial charge is 1.00 e. The fraction of sp³-hybridized carbons (Fsp3) is 0.118. The summed E-state index contributed by atoms with van der Waals surface area (Å²) >= 11 is 0. The summed E-state index contributed by atoms with van der Waals surface area (Å²) in [5, 5.41) is 15.7. The molecule has 0 aromatic heterocycles. The van der Waals surface area contributed by atoms with Crippen LogP contribution in [0.5, 0.6) is 0 Å². The number of hydrogen-bond donors (Lipinski definition) is 0. The third-order valence-corrected chi connectivity index (χ3v) is 2.89. The fourth-order valence-electron chi connectivity index (χ4n) is 1.83. The second-order valence-electron chi connectivity index (χ2n) is 4.38. The zero-order valence-electron chi connectivity index (χ0n) is 12.7. The number of carbonyl (C=O) groups is 1. The van der Waals surface area contributed by atoms with Crippen LogP contribution in [0.1, 0.15) is 15.9 Å². The van der Waals surface area contributed by atoms with Gasteiger partial charge in [-0.1, -0.05) is 60.7 Å². The molecule has 1 amide bonds. The molecule has 0 spiro atoms. The fourth-order valence-corrected chi connectivity index (χ4v) is 1.83. The molecule has 0 aliphatic rings. The van der Waals surface area contributed by atoms with E-state index in [4.69, 9.17) is 4.74 Å². The molecule has 108 valence electrons. The summed E-state index contributed by atoms with van der Waals surface area (Å²) in [5.74, 6) is -1.05. The van der Waals surface area contributed by atoms with E-state index in [1.165, 1.54) is 7.11 Å².